The molecular formula is C10H7BrN2OS. The van der Waals surface area contributed by atoms with Gasteiger partial charge in [-0.1, -0.05) is 0 Å². The summed E-state index contributed by atoms with van der Waals surface area (Å²) in [7, 11) is 0. The molecule has 0 spiro atoms. The van der Waals surface area contributed by atoms with Crippen LogP contribution in [0.15, 0.2) is 39.8 Å². The lowest BCUT2D eigenvalue weighted by atomic mass is 10.3. The largest absolute Gasteiger partial charge is 0.320 e. The minimum Gasteiger partial charge on any atom is -0.320 e. The number of rotatable bonds is 2. The van der Waals surface area contributed by atoms with Crippen LogP contribution in [0.25, 0.3) is 0 Å². The number of carbonyl (C=O) groups is 1. The third kappa shape index (κ3) is 2.43. The van der Waals surface area contributed by atoms with E-state index in [9.17, 15) is 4.79 Å². The van der Waals surface area contributed by atoms with E-state index in [1.165, 1.54) is 11.3 Å². The number of aromatic nitrogens is 1. The lowest BCUT2D eigenvalue weighted by Gasteiger charge is -2.04. The Morgan fingerprint density at radius 2 is 2.33 bits per heavy atom. The second kappa shape index (κ2) is 4.55. The van der Waals surface area contributed by atoms with E-state index in [0.29, 0.717) is 15.9 Å². The Bertz CT molecular complexity index is 470. The monoisotopic (exact) mass is 282 g/mol. The molecule has 0 atom stereocenters. The van der Waals surface area contributed by atoms with Crippen LogP contribution in [0.5, 0.6) is 0 Å². The minimum absolute atomic E-state index is 0.120. The SMILES string of the molecule is O=C(Nc1cccnc1Br)c1ccsc1. The number of hydrogen-bond acceptors (Lipinski definition) is 3. The maximum Gasteiger partial charge on any atom is 0.256 e. The van der Waals surface area contributed by atoms with Gasteiger partial charge in [0.2, 0.25) is 0 Å². The summed E-state index contributed by atoms with van der Waals surface area (Å²) in [5.74, 6) is -0.120. The van der Waals surface area contributed by atoms with Gasteiger partial charge >= 0.3 is 0 Å². The van der Waals surface area contributed by atoms with E-state index in [-0.39, 0.29) is 5.91 Å². The van der Waals surface area contributed by atoms with Crippen LogP contribution in [0.4, 0.5) is 5.69 Å². The van der Waals surface area contributed by atoms with E-state index < -0.39 is 0 Å². The van der Waals surface area contributed by atoms with Gasteiger partial charge in [0, 0.05) is 11.6 Å². The predicted octanol–water partition coefficient (Wildman–Crippen LogP) is 3.16. The second-order valence-corrected chi connectivity index (χ2v) is 4.34. The Labute approximate surface area is 99.3 Å². The smallest absolute Gasteiger partial charge is 0.256 e. The van der Waals surface area contributed by atoms with Gasteiger partial charge in [-0.15, -0.1) is 0 Å². The van der Waals surface area contributed by atoms with E-state index in [1.54, 1.807) is 29.8 Å². The first kappa shape index (κ1) is 10.3. The van der Waals surface area contributed by atoms with Gasteiger partial charge in [0.1, 0.15) is 4.60 Å². The number of amides is 1. The molecule has 0 aliphatic heterocycles. The number of nitrogens with one attached hydrogen (secondary N) is 1. The molecule has 0 unspecified atom stereocenters. The van der Waals surface area contributed by atoms with Gasteiger partial charge in [-0.25, -0.2) is 4.98 Å². The summed E-state index contributed by atoms with van der Waals surface area (Å²) in [5, 5.41) is 6.44. The van der Waals surface area contributed by atoms with E-state index in [0.717, 1.165) is 0 Å². The van der Waals surface area contributed by atoms with Gasteiger partial charge in [-0.3, -0.25) is 4.79 Å². The lowest BCUT2D eigenvalue weighted by molar-refractivity contribution is 0.102. The van der Waals surface area contributed by atoms with E-state index in [2.05, 4.69) is 26.2 Å². The molecule has 0 fully saturated rings. The molecule has 2 rings (SSSR count). The standard InChI is InChI=1S/C10H7BrN2OS/c11-9-8(2-1-4-12-9)13-10(14)7-3-5-15-6-7/h1-6H,(H,13,14). The van der Waals surface area contributed by atoms with Gasteiger partial charge in [0.05, 0.1) is 11.3 Å². The molecule has 0 saturated carbocycles. The molecule has 2 aromatic rings. The number of nitrogens with zero attached hydrogens (tertiary/aromatic N) is 1. The summed E-state index contributed by atoms with van der Waals surface area (Å²) in [6.07, 6.45) is 1.66. The number of pyridine rings is 1. The molecular weight excluding hydrogens is 276 g/mol. The zero-order valence-electron chi connectivity index (χ0n) is 7.61. The molecule has 3 nitrogen and oxygen atoms in total. The fraction of sp³-hybridized carbons (Fsp3) is 0. The van der Waals surface area contributed by atoms with Crippen molar-refractivity contribution in [3.8, 4) is 0 Å². The first-order chi connectivity index (χ1) is 7.27. The van der Waals surface area contributed by atoms with Gasteiger partial charge < -0.3 is 5.32 Å². The predicted molar refractivity (Wildman–Crippen MR) is 64.2 cm³/mol. The van der Waals surface area contributed by atoms with Crippen molar-refractivity contribution in [2.75, 3.05) is 5.32 Å². The van der Waals surface area contributed by atoms with Crippen LogP contribution in [0, 0.1) is 0 Å². The van der Waals surface area contributed by atoms with Crippen LogP contribution in [0.2, 0.25) is 0 Å². The Kier molecular flexibility index (Phi) is 3.13. The van der Waals surface area contributed by atoms with Gasteiger partial charge in [-0.05, 0) is 39.5 Å². The summed E-state index contributed by atoms with van der Waals surface area (Å²) < 4.78 is 0.633. The molecule has 5 heteroatoms. The fourth-order valence-electron chi connectivity index (χ4n) is 1.07. The zero-order valence-corrected chi connectivity index (χ0v) is 10.0. The second-order valence-electron chi connectivity index (χ2n) is 2.81. The molecule has 0 aromatic carbocycles. The van der Waals surface area contributed by atoms with Crippen LogP contribution in [-0.2, 0) is 0 Å². The molecule has 2 aromatic heterocycles. The third-order valence-corrected chi connectivity index (χ3v) is 3.11. The summed E-state index contributed by atoms with van der Waals surface area (Å²) in [6.45, 7) is 0. The van der Waals surface area contributed by atoms with Crippen molar-refractivity contribution >= 4 is 38.9 Å². The van der Waals surface area contributed by atoms with Gasteiger partial charge in [-0.2, -0.15) is 11.3 Å². The molecule has 0 saturated heterocycles. The van der Waals surface area contributed by atoms with Gasteiger partial charge in [0.25, 0.3) is 5.91 Å². The number of anilines is 1. The number of halogens is 1. The Balaban J connectivity index is 2.17. The number of thiophene rings is 1. The van der Waals surface area contributed by atoms with Crippen molar-refractivity contribution in [1.29, 1.82) is 0 Å². The first-order valence-electron chi connectivity index (χ1n) is 4.21. The number of hydrogen-bond donors (Lipinski definition) is 1. The molecule has 0 aliphatic rings. The third-order valence-electron chi connectivity index (χ3n) is 1.79. The van der Waals surface area contributed by atoms with Crippen LogP contribution in [0.3, 0.4) is 0 Å². The molecule has 1 amide bonds. The molecule has 0 bridgehead atoms. The Morgan fingerprint density at radius 1 is 1.47 bits per heavy atom. The highest BCUT2D eigenvalue weighted by atomic mass is 79.9. The molecule has 0 aliphatic carbocycles. The summed E-state index contributed by atoms with van der Waals surface area (Å²) in [4.78, 5) is 15.7. The van der Waals surface area contributed by atoms with Crippen molar-refractivity contribution in [3.63, 3.8) is 0 Å². The highest BCUT2D eigenvalue weighted by Gasteiger charge is 2.08. The maximum atomic E-state index is 11.7. The van der Waals surface area contributed by atoms with Crippen LogP contribution >= 0.6 is 27.3 Å². The molecule has 0 radical (unpaired) electrons. The summed E-state index contributed by atoms with van der Waals surface area (Å²) in [5.41, 5.74) is 1.34. The zero-order chi connectivity index (χ0) is 10.7. The number of carbonyl (C=O) groups excluding carboxylic acids is 1. The molecule has 2 heterocycles. The average molecular weight is 283 g/mol. The Hall–Kier alpha value is -1.20. The van der Waals surface area contributed by atoms with E-state index in [1.807, 2.05) is 5.38 Å². The quantitative estimate of drug-likeness (QED) is 0.860. The minimum atomic E-state index is -0.120. The lowest BCUT2D eigenvalue weighted by Crippen LogP contribution is -2.11. The van der Waals surface area contributed by atoms with E-state index in [4.69, 9.17) is 0 Å². The maximum absolute atomic E-state index is 11.7. The highest BCUT2D eigenvalue weighted by Crippen LogP contribution is 2.19. The van der Waals surface area contributed by atoms with Crippen molar-refractivity contribution < 1.29 is 4.79 Å². The topological polar surface area (TPSA) is 42.0 Å². The molecule has 76 valence electrons. The summed E-state index contributed by atoms with van der Waals surface area (Å²) in [6, 6.07) is 5.35. The van der Waals surface area contributed by atoms with Crippen molar-refractivity contribution in [1.82, 2.24) is 4.98 Å². The average Bonchev–Trinajstić information content (AvgIpc) is 2.74. The normalized spacial score (nSPS) is 9.93. The Morgan fingerprint density at radius 3 is 3.00 bits per heavy atom. The van der Waals surface area contributed by atoms with Crippen LogP contribution in [-0.4, -0.2) is 10.9 Å². The molecule has 1 N–H and O–H groups in total. The van der Waals surface area contributed by atoms with Crippen molar-refractivity contribution in [3.05, 3.63) is 45.3 Å². The summed E-state index contributed by atoms with van der Waals surface area (Å²) >= 11 is 4.76. The van der Waals surface area contributed by atoms with Crippen molar-refractivity contribution in [2.45, 2.75) is 0 Å². The first-order valence-corrected chi connectivity index (χ1v) is 5.95. The van der Waals surface area contributed by atoms with Gasteiger partial charge in [0.15, 0.2) is 0 Å². The van der Waals surface area contributed by atoms with E-state index >= 15 is 0 Å². The van der Waals surface area contributed by atoms with Crippen molar-refractivity contribution in [2.24, 2.45) is 0 Å². The highest BCUT2D eigenvalue weighted by molar-refractivity contribution is 9.10. The fourth-order valence-corrected chi connectivity index (χ4v) is 2.05. The molecule has 15 heavy (non-hydrogen) atoms. The van der Waals surface area contributed by atoms with Crippen LogP contribution in [0.1, 0.15) is 10.4 Å². The van der Waals surface area contributed by atoms with Crippen LogP contribution < -0.4 is 5.32 Å².